The molecular weight excluding hydrogens is 537 g/mol. The van der Waals surface area contributed by atoms with Crippen LogP contribution in [0.15, 0.2) is 60.9 Å². The standard InChI is InChI=1S/C29H29F3N6O3/c1-18-2-3-23(16-25(18)36-28(41)21-12-19-4-5-33-26(19)34-17-21)35-27(40)20-13-22(29(30,31)32)15-24(14-20)38-8-6-37(7-9-38)10-11-39/h2-5,12-17,39H,6-11H2,1H3,(H,33,34)(H,35,40)(H,36,41). The second-order valence-corrected chi connectivity index (χ2v) is 9.90. The van der Waals surface area contributed by atoms with E-state index in [0.29, 0.717) is 61.0 Å². The number of aliphatic hydroxyl groups is 1. The smallest absolute Gasteiger partial charge is 0.395 e. The number of nitrogens with one attached hydrogen (secondary N) is 3. The van der Waals surface area contributed by atoms with Gasteiger partial charge < -0.3 is 25.6 Å². The molecule has 1 aliphatic rings. The molecule has 2 amide bonds. The van der Waals surface area contributed by atoms with E-state index in [2.05, 4.69) is 20.6 Å². The average Bonchev–Trinajstić information content (AvgIpc) is 3.43. The van der Waals surface area contributed by atoms with E-state index in [1.165, 1.54) is 12.3 Å². The predicted molar refractivity (Wildman–Crippen MR) is 150 cm³/mol. The third-order valence-electron chi connectivity index (χ3n) is 7.07. The number of piperazine rings is 1. The number of benzene rings is 2. The molecule has 12 heteroatoms. The number of β-amino-alcohol motifs (C(OH)–C–C–N with tert-alkyl or cyclic N) is 1. The topological polar surface area (TPSA) is 114 Å². The number of carbonyl (C=O) groups excluding carboxylic acids is 2. The number of anilines is 3. The maximum absolute atomic E-state index is 13.8. The number of fused-ring (bicyclic) bond motifs is 1. The zero-order valence-corrected chi connectivity index (χ0v) is 22.3. The summed E-state index contributed by atoms with van der Waals surface area (Å²) < 4.78 is 41.3. The lowest BCUT2D eigenvalue weighted by Crippen LogP contribution is -2.47. The SMILES string of the molecule is Cc1ccc(NC(=O)c2cc(N3CCN(CCO)CC3)cc(C(F)(F)F)c2)cc1NC(=O)c1cnc2[nH]ccc2c1. The molecule has 0 atom stereocenters. The summed E-state index contributed by atoms with van der Waals surface area (Å²) in [5.74, 6) is -1.10. The summed E-state index contributed by atoms with van der Waals surface area (Å²) in [5.41, 5.74) is 1.74. The molecule has 0 spiro atoms. The van der Waals surface area contributed by atoms with Gasteiger partial charge in [-0.1, -0.05) is 6.07 Å². The van der Waals surface area contributed by atoms with Crippen molar-refractivity contribution in [3.63, 3.8) is 0 Å². The Kier molecular flexibility index (Phi) is 7.95. The minimum absolute atomic E-state index is 0.0127. The summed E-state index contributed by atoms with van der Waals surface area (Å²) in [6.07, 6.45) is -1.46. The third-order valence-corrected chi connectivity index (χ3v) is 7.07. The summed E-state index contributed by atoms with van der Waals surface area (Å²) in [6.45, 7) is 4.41. The second-order valence-electron chi connectivity index (χ2n) is 9.90. The normalized spacial score (nSPS) is 14.3. The molecule has 0 bridgehead atoms. The van der Waals surface area contributed by atoms with Crippen molar-refractivity contribution in [2.45, 2.75) is 13.1 Å². The molecule has 1 saturated heterocycles. The Balaban J connectivity index is 1.34. The van der Waals surface area contributed by atoms with Gasteiger partial charge in [0.2, 0.25) is 0 Å². The van der Waals surface area contributed by atoms with Gasteiger partial charge >= 0.3 is 6.18 Å². The maximum Gasteiger partial charge on any atom is 0.416 e. The van der Waals surface area contributed by atoms with E-state index in [-0.39, 0.29) is 12.2 Å². The highest BCUT2D eigenvalue weighted by Gasteiger charge is 2.33. The minimum Gasteiger partial charge on any atom is -0.395 e. The quantitative estimate of drug-likeness (QED) is 0.262. The molecule has 1 fully saturated rings. The first-order valence-electron chi connectivity index (χ1n) is 13.1. The lowest BCUT2D eigenvalue weighted by Gasteiger charge is -2.36. The Labute approximate surface area is 234 Å². The van der Waals surface area contributed by atoms with E-state index in [9.17, 15) is 22.8 Å². The highest BCUT2D eigenvalue weighted by molar-refractivity contribution is 6.07. The summed E-state index contributed by atoms with van der Waals surface area (Å²) in [6, 6.07) is 11.7. The molecule has 0 aliphatic carbocycles. The van der Waals surface area contributed by atoms with E-state index in [0.717, 1.165) is 23.1 Å². The van der Waals surface area contributed by atoms with E-state index < -0.39 is 23.6 Å². The van der Waals surface area contributed by atoms with Crippen LogP contribution in [0.1, 0.15) is 31.8 Å². The number of aliphatic hydroxyl groups excluding tert-OH is 1. The third kappa shape index (κ3) is 6.50. The number of rotatable bonds is 7. The minimum atomic E-state index is -4.64. The van der Waals surface area contributed by atoms with Gasteiger partial charge in [0.15, 0.2) is 0 Å². The van der Waals surface area contributed by atoms with Crippen molar-refractivity contribution >= 4 is 39.9 Å². The monoisotopic (exact) mass is 566 g/mol. The van der Waals surface area contributed by atoms with E-state index in [1.54, 1.807) is 48.4 Å². The number of hydrogen-bond donors (Lipinski definition) is 4. The number of pyridine rings is 1. The summed E-state index contributed by atoms with van der Waals surface area (Å²) in [7, 11) is 0. The van der Waals surface area contributed by atoms with Crippen LogP contribution in [-0.2, 0) is 6.18 Å². The first-order valence-corrected chi connectivity index (χ1v) is 13.1. The fourth-order valence-electron chi connectivity index (χ4n) is 4.76. The molecule has 4 aromatic rings. The van der Waals surface area contributed by atoms with E-state index in [4.69, 9.17) is 5.11 Å². The summed E-state index contributed by atoms with van der Waals surface area (Å²) in [4.78, 5) is 37.1. The van der Waals surface area contributed by atoms with Gasteiger partial charge in [-0.15, -0.1) is 0 Å². The summed E-state index contributed by atoms with van der Waals surface area (Å²) >= 11 is 0. The fourth-order valence-corrected chi connectivity index (χ4v) is 4.76. The highest BCUT2D eigenvalue weighted by Crippen LogP contribution is 2.34. The van der Waals surface area contributed by atoms with Crippen LogP contribution in [0.25, 0.3) is 11.0 Å². The molecule has 0 saturated carbocycles. The van der Waals surface area contributed by atoms with Crippen LogP contribution < -0.4 is 15.5 Å². The predicted octanol–water partition coefficient (Wildman–Crippen LogP) is 4.51. The molecule has 5 rings (SSSR count). The lowest BCUT2D eigenvalue weighted by molar-refractivity contribution is -0.137. The van der Waals surface area contributed by atoms with Gasteiger partial charge in [-0.3, -0.25) is 14.5 Å². The number of H-pyrrole nitrogens is 1. The van der Waals surface area contributed by atoms with Gasteiger partial charge in [0.1, 0.15) is 5.65 Å². The van der Waals surface area contributed by atoms with Gasteiger partial charge in [-0.2, -0.15) is 13.2 Å². The fraction of sp³-hybridized carbons (Fsp3) is 0.276. The molecule has 2 aromatic heterocycles. The van der Waals surface area contributed by atoms with Crippen LogP contribution in [-0.4, -0.2) is 71.1 Å². The Bertz CT molecular complexity index is 1580. The van der Waals surface area contributed by atoms with Crippen LogP contribution >= 0.6 is 0 Å². The van der Waals surface area contributed by atoms with Crippen molar-refractivity contribution in [2.24, 2.45) is 0 Å². The Morgan fingerprint density at radius 1 is 0.976 bits per heavy atom. The molecule has 214 valence electrons. The molecule has 0 unspecified atom stereocenters. The second kappa shape index (κ2) is 11.6. The Morgan fingerprint density at radius 3 is 2.46 bits per heavy atom. The van der Waals surface area contributed by atoms with Crippen LogP contribution in [0.5, 0.6) is 0 Å². The number of aromatic nitrogens is 2. The van der Waals surface area contributed by atoms with E-state index >= 15 is 0 Å². The summed E-state index contributed by atoms with van der Waals surface area (Å²) in [5, 5.41) is 15.4. The van der Waals surface area contributed by atoms with Crippen molar-refractivity contribution < 1.29 is 27.9 Å². The van der Waals surface area contributed by atoms with E-state index in [1.807, 2.05) is 4.90 Å². The van der Waals surface area contributed by atoms with Crippen molar-refractivity contribution in [3.8, 4) is 0 Å². The molecular formula is C29H29F3N6O3. The average molecular weight is 567 g/mol. The van der Waals surface area contributed by atoms with Crippen LogP contribution in [0.3, 0.4) is 0 Å². The van der Waals surface area contributed by atoms with Gasteiger partial charge in [0.05, 0.1) is 17.7 Å². The molecule has 1 aliphatic heterocycles. The number of aromatic amines is 1. The molecule has 3 heterocycles. The zero-order valence-electron chi connectivity index (χ0n) is 22.3. The number of hydrogen-bond acceptors (Lipinski definition) is 6. The lowest BCUT2D eigenvalue weighted by atomic mass is 10.1. The van der Waals surface area contributed by atoms with Crippen molar-refractivity contribution in [1.82, 2.24) is 14.9 Å². The zero-order chi connectivity index (χ0) is 29.1. The van der Waals surface area contributed by atoms with Crippen LogP contribution in [0.2, 0.25) is 0 Å². The van der Waals surface area contributed by atoms with Gasteiger partial charge in [-0.05, 0) is 55.0 Å². The molecule has 4 N–H and O–H groups in total. The Morgan fingerprint density at radius 2 is 1.73 bits per heavy atom. The molecule has 2 aromatic carbocycles. The molecule has 0 radical (unpaired) electrons. The highest BCUT2D eigenvalue weighted by atomic mass is 19.4. The number of amides is 2. The molecule has 41 heavy (non-hydrogen) atoms. The van der Waals surface area contributed by atoms with Crippen LogP contribution in [0.4, 0.5) is 30.2 Å². The van der Waals surface area contributed by atoms with Crippen molar-refractivity contribution in [2.75, 3.05) is 54.9 Å². The molecule has 9 nitrogen and oxygen atoms in total. The van der Waals surface area contributed by atoms with Gasteiger partial charge in [0, 0.05) is 73.1 Å². The first kappa shape index (κ1) is 28.1. The van der Waals surface area contributed by atoms with Crippen molar-refractivity contribution in [1.29, 1.82) is 0 Å². The van der Waals surface area contributed by atoms with Gasteiger partial charge in [-0.25, -0.2) is 4.98 Å². The number of aryl methyl sites for hydroxylation is 1. The largest absolute Gasteiger partial charge is 0.416 e. The number of halogens is 3. The van der Waals surface area contributed by atoms with Crippen LogP contribution in [0, 0.1) is 6.92 Å². The Hall–Kier alpha value is -4.42. The maximum atomic E-state index is 13.8. The van der Waals surface area contributed by atoms with Crippen molar-refractivity contribution in [3.05, 3.63) is 83.2 Å². The van der Waals surface area contributed by atoms with Gasteiger partial charge in [0.25, 0.3) is 11.8 Å². The first-order chi connectivity index (χ1) is 19.6. The number of nitrogens with zero attached hydrogens (tertiary/aromatic N) is 3. The number of carbonyl (C=O) groups is 2. The number of alkyl halides is 3.